The summed E-state index contributed by atoms with van der Waals surface area (Å²) in [6, 6.07) is 2.72. The van der Waals surface area contributed by atoms with Gasteiger partial charge in [0.05, 0.1) is 23.5 Å². The first kappa shape index (κ1) is 13.6. The van der Waals surface area contributed by atoms with Crippen molar-refractivity contribution in [1.29, 1.82) is 0 Å². The molecule has 0 aliphatic carbocycles. The Balaban J connectivity index is 2.71. The average Bonchev–Trinajstić information content (AvgIpc) is 2.65. The van der Waals surface area contributed by atoms with Crippen LogP contribution in [-0.2, 0) is 11.3 Å². The molecule has 0 aliphatic rings. The summed E-state index contributed by atoms with van der Waals surface area (Å²) in [5.74, 6) is -0.510. The summed E-state index contributed by atoms with van der Waals surface area (Å²) in [5.41, 5.74) is 6.17. The number of hydrogen-bond donors (Lipinski definition) is 1. The van der Waals surface area contributed by atoms with E-state index in [1.165, 1.54) is 19.2 Å². The minimum Gasteiger partial charge on any atom is -0.494 e. The van der Waals surface area contributed by atoms with Gasteiger partial charge in [-0.1, -0.05) is 0 Å². The van der Waals surface area contributed by atoms with Crippen LogP contribution in [0.4, 0.5) is 4.39 Å². The number of benzene rings is 1. The molecule has 1 atom stereocenters. The zero-order chi connectivity index (χ0) is 14.2. The number of aromatic nitrogens is 2. The molecule has 0 fully saturated rings. The molecule has 2 N–H and O–H groups in total. The zero-order valence-corrected chi connectivity index (χ0v) is 11.2. The highest BCUT2D eigenvalue weighted by Gasteiger charge is 2.18. The molecule has 19 heavy (non-hydrogen) atoms. The molecule has 0 spiro atoms. The summed E-state index contributed by atoms with van der Waals surface area (Å²) in [5, 5.41) is -0.430. The molecular formula is C12H13ClFN3O2. The fraction of sp³-hybridized carbons (Fsp3) is 0.333. The van der Waals surface area contributed by atoms with Gasteiger partial charge in [-0.15, -0.1) is 11.6 Å². The highest BCUT2D eigenvalue weighted by Crippen LogP contribution is 2.29. The van der Waals surface area contributed by atoms with Crippen LogP contribution in [0.1, 0.15) is 18.1 Å². The van der Waals surface area contributed by atoms with Crippen molar-refractivity contribution in [2.24, 2.45) is 5.73 Å². The molecule has 0 saturated heterocycles. The minimum atomic E-state index is -0.527. The van der Waals surface area contributed by atoms with Gasteiger partial charge in [-0.05, 0) is 6.92 Å². The third kappa shape index (κ3) is 2.49. The van der Waals surface area contributed by atoms with Crippen molar-refractivity contribution < 1.29 is 13.9 Å². The molecule has 1 heterocycles. The van der Waals surface area contributed by atoms with E-state index in [4.69, 9.17) is 22.1 Å². The van der Waals surface area contributed by atoms with Gasteiger partial charge in [0.25, 0.3) is 0 Å². The maximum Gasteiger partial charge on any atom is 0.237 e. The van der Waals surface area contributed by atoms with Crippen LogP contribution in [0.25, 0.3) is 11.0 Å². The van der Waals surface area contributed by atoms with E-state index in [1.807, 2.05) is 0 Å². The van der Waals surface area contributed by atoms with E-state index in [0.29, 0.717) is 16.9 Å². The number of fused-ring (bicyclic) bond motifs is 1. The molecule has 1 aromatic heterocycles. The van der Waals surface area contributed by atoms with Crippen LogP contribution in [0.15, 0.2) is 12.1 Å². The van der Waals surface area contributed by atoms with E-state index >= 15 is 0 Å². The van der Waals surface area contributed by atoms with Crippen molar-refractivity contribution in [3.63, 3.8) is 0 Å². The van der Waals surface area contributed by atoms with Gasteiger partial charge in [-0.3, -0.25) is 4.79 Å². The van der Waals surface area contributed by atoms with Crippen molar-refractivity contribution in [2.45, 2.75) is 18.8 Å². The summed E-state index contributed by atoms with van der Waals surface area (Å²) < 4.78 is 20.1. The molecule has 1 aromatic carbocycles. The van der Waals surface area contributed by atoms with Gasteiger partial charge in [0.1, 0.15) is 12.4 Å². The molecule has 0 saturated carbocycles. The lowest BCUT2D eigenvalue weighted by molar-refractivity contribution is -0.118. The van der Waals surface area contributed by atoms with Crippen molar-refractivity contribution in [3.05, 3.63) is 23.8 Å². The SMILES string of the molecule is COc1cc2c(cc1F)nc(C(C)Cl)n2CC(N)=O. The van der Waals surface area contributed by atoms with Crippen LogP contribution in [0.3, 0.4) is 0 Å². The van der Waals surface area contributed by atoms with Gasteiger partial charge in [-0.2, -0.15) is 0 Å². The van der Waals surface area contributed by atoms with Crippen LogP contribution in [0, 0.1) is 5.82 Å². The molecule has 0 bridgehead atoms. The Morgan fingerprint density at radius 3 is 2.84 bits per heavy atom. The first-order valence-electron chi connectivity index (χ1n) is 5.60. The van der Waals surface area contributed by atoms with Gasteiger partial charge >= 0.3 is 0 Å². The monoisotopic (exact) mass is 285 g/mol. The van der Waals surface area contributed by atoms with Gasteiger partial charge in [-0.25, -0.2) is 9.37 Å². The second-order valence-corrected chi connectivity index (χ2v) is 4.77. The van der Waals surface area contributed by atoms with E-state index in [2.05, 4.69) is 4.98 Å². The fourth-order valence-electron chi connectivity index (χ4n) is 1.93. The number of ether oxygens (including phenoxy) is 1. The Morgan fingerprint density at radius 2 is 2.32 bits per heavy atom. The standard InChI is InChI=1S/C12H13ClFN3O2/c1-6(13)12-16-8-3-7(14)10(19-2)4-9(8)17(12)5-11(15)18/h3-4,6H,5H2,1-2H3,(H2,15,18). The van der Waals surface area contributed by atoms with Crippen molar-refractivity contribution >= 4 is 28.5 Å². The Labute approximate surface area is 114 Å². The van der Waals surface area contributed by atoms with Gasteiger partial charge in [0.15, 0.2) is 11.6 Å². The van der Waals surface area contributed by atoms with Crippen LogP contribution in [0.5, 0.6) is 5.75 Å². The summed E-state index contributed by atoms with van der Waals surface area (Å²) in [4.78, 5) is 15.4. The number of halogens is 2. The predicted octanol–water partition coefficient (Wildman–Crippen LogP) is 1.97. The fourth-order valence-corrected chi connectivity index (χ4v) is 2.09. The minimum absolute atomic E-state index is 0.0717. The van der Waals surface area contributed by atoms with Crippen molar-refractivity contribution in [3.8, 4) is 5.75 Å². The highest BCUT2D eigenvalue weighted by molar-refractivity contribution is 6.20. The number of methoxy groups -OCH3 is 1. The number of amides is 1. The maximum atomic E-state index is 13.6. The lowest BCUT2D eigenvalue weighted by atomic mass is 10.3. The van der Waals surface area contributed by atoms with Gasteiger partial charge in [0.2, 0.25) is 5.91 Å². The first-order valence-corrected chi connectivity index (χ1v) is 6.03. The molecular weight excluding hydrogens is 273 g/mol. The van der Waals surface area contributed by atoms with Crippen LogP contribution >= 0.6 is 11.6 Å². The van der Waals surface area contributed by atoms with Gasteiger partial charge < -0.3 is 15.0 Å². The van der Waals surface area contributed by atoms with Crippen molar-refractivity contribution in [1.82, 2.24) is 9.55 Å². The second-order valence-electron chi connectivity index (χ2n) is 4.11. The second kappa shape index (κ2) is 5.05. The normalized spacial score (nSPS) is 12.6. The number of primary amides is 1. The van der Waals surface area contributed by atoms with E-state index in [9.17, 15) is 9.18 Å². The Kier molecular flexibility index (Phi) is 3.61. The van der Waals surface area contributed by atoms with Crippen molar-refractivity contribution in [2.75, 3.05) is 7.11 Å². The van der Waals surface area contributed by atoms with Gasteiger partial charge in [0, 0.05) is 12.1 Å². The molecule has 5 nitrogen and oxygen atoms in total. The van der Waals surface area contributed by atoms with Crippen LogP contribution in [-0.4, -0.2) is 22.6 Å². The summed E-state index contributed by atoms with van der Waals surface area (Å²) >= 11 is 6.02. The predicted molar refractivity (Wildman–Crippen MR) is 69.7 cm³/mol. The van der Waals surface area contributed by atoms with E-state index in [-0.39, 0.29) is 12.3 Å². The molecule has 2 rings (SSSR count). The van der Waals surface area contributed by atoms with E-state index < -0.39 is 17.1 Å². The maximum absolute atomic E-state index is 13.6. The Hall–Kier alpha value is -1.82. The quantitative estimate of drug-likeness (QED) is 0.873. The largest absolute Gasteiger partial charge is 0.494 e. The number of carbonyl (C=O) groups is 1. The topological polar surface area (TPSA) is 70.1 Å². The summed E-state index contributed by atoms with van der Waals surface area (Å²) in [6.07, 6.45) is 0. The average molecular weight is 286 g/mol. The first-order chi connectivity index (χ1) is 8.93. The molecule has 102 valence electrons. The number of nitrogens with zero attached hydrogens (tertiary/aromatic N) is 2. The number of imidazole rings is 1. The van der Waals surface area contributed by atoms with E-state index in [1.54, 1.807) is 11.5 Å². The lowest BCUT2D eigenvalue weighted by Crippen LogP contribution is -2.20. The summed E-state index contributed by atoms with van der Waals surface area (Å²) in [7, 11) is 1.37. The van der Waals surface area contributed by atoms with Crippen LogP contribution < -0.4 is 10.5 Å². The number of alkyl halides is 1. The number of nitrogens with two attached hydrogens (primary N) is 1. The summed E-state index contributed by atoms with van der Waals surface area (Å²) in [6.45, 7) is 1.64. The third-order valence-electron chi connectivity index (χ3n) is 2.72. The highest BCUT2D eigenvalue weighted by atomic mass is 35.5. The molecule has 7 heteroatoms. The van der Waals surface area contributed by atoms with E-state index in [0.717, 1.165) is 0 Å². The molecule has 1 unspecified atom stereocenters. The number of carbonyl (C=O) groups excluding carboxylic acids is 1. The molecule has 1 amide bonds. The molecule has 0 aliphatic heterocycles. The lowest BCUT2D eigenvalue weighted by Gasteiger charge is -2.08. The number of hydrogen-bond acceptors (Lipinski definition) is 3. The smallest absolute Gasteiger partial charge is 0.237 e. The Bertz CT molecular complexity index is 639. The Morgan fingerprint density at radius 1 is 1.63 bits per heavy atom. The van der Waals surface area contributed by atoms with Crippen LogP contribution in [0.2, 0.25) is 0 Å². The molecule has 0 radical (unpaired) electrons. The zero-order valence-electron chi connectivity index (χ0n) is 10.5. The molecule has 2 aromatic rings. The third-order valence-corrected chi connectivity index (χ3v) is 2.92. The number of rotatable bonds is 4.